The van der Waals surface area contributed by atoms with Gasteiger partial charge in [0.05, 0.1) is 0 Å². The molecule has 0 heterocycles. The molecule has 0 aliphatic heterocycles. The molecule has 0 radical (unpaired) electrons. The van der Waals surface area contributed by atoms with E-state index >= 15 is 0 Å². The van der Waals surface area contributed by atoms with Gasteiger partial charge in [-0.1, -0.05) is 48.6 Å². The minimum absolute atomic E-state index is 1.05. The fraction of sp³-hybridized carbons (Fsp3) is 0.385. The first-order valence-corrected chi connectivity index (χ1v) is 5.12. The molecule has 13 heavy (non-hydrogen) atoms. The highest BCUT2D eigenvalue weighted by Gasteiger charge is 1.80. The third-order valence-corrected chi connectivity index (χ3v) is 2.00. The van der Waals surface area contributed by atoms with Crippen molar-refractivity contribution in [1.29, 1.82) is 0 Å². The molecule has 0 unspecified atom stereocenters. The Morgan fingerprint density at radius 2 is 1.15 bits per heavy atom. The molecule has 0 aromatic carbocycles. The number of rotatable bonds is 0. The summed E-state index contributed by atoms with van der Waals surface area (Å²) >= 11 is 0. The van der Waals surface area contributed by atoms with Gasteiger partial charge in [0.25, 0.3) is 0 Å². The minimum atomic E-state index is 1.05. The molecule has 0 saturated heterocycles. The van der Waals surface area contributed by atoms with E-state index in [2.05, 4.69) is 48.6 Å². The van der Waals surface area contributed by atoms with Crippen molar-refractivity contribution in [3.63, 3.8) is 0 Å². The van der Waals surface area contributed by atoms with Gasteiger partial charge in [0.2, 0.25) is 0 Å². The van der Waals surface area contributed by atoms with E-state index in [0.717, 1.165) is 12.8 Å². The topological polar surface area (TPSA) is 0 Å². The maximum Gasteiger partial charge on any atom is -0.0166 e. The molecule has 1 aliphatic carbocycles. The van der Waals surface area contributed by atoms with Crippen molar-refractivity contribution < 1.29 is 0 Å². The van der Waals surface area contributed by atoms with Gasteiger partial charge in [-0.15, -0.1) is 0 Å². The lowest BCUT2D eigenvalue weighted by Gasteiger charge is -1.88. The van der Waals surface area contributed by atoms with Gasteiger partial charge in [0.1, 0.15) is 0 Å². The zero-order valence-electron chi connectivity index (χ0n) is 8.15. The van der Waals surface area contributed by atoms with Gasteiger partial charge in [-0.05, 0) is 32.1 Å². The molecule has 1 aliphatic rings. The first-order valence-electron chi connectivity index (χ1n) is 5.12. The van der Waals surface area contributed by atoms with E-state index in [1.54, 1.807) is 0 Å². The highest BCUT2D eigenvalue weighted by atomic mass is 13.9. The molecule has 0 bridgehead atoms. The van der Waals surface area contributed by atoms with Crippen molar-refractivity contribution in [1.82, 2.24) is 0 Å². The van der Waals surface area contributed by atoms with Gasteiger partial charge in [-0.3, -0.25) is 0 Å². The molecule has 0 fully saturated rings. The standard InChI is InChI=1S/C13H18/c1-2-4-6-8-10-12-13-11-9-7-5-3-1/h1-4,7,9,12-13H,5-6,8,10-11H2. The maximum absolute atomic E-state index is 2.28. The van der Waals surface area contributed by atoms with Crippen molar-refractivity contribution in [3.8, 4) is 0 Å². The van der Waals surface area contributed by atoms with Crippen LogP contribution in [0.2, 0.25) is 0 Å². The lowest BCUT2D eigenvalue weighted by molar-refractivity contribution is 0.866. The average molecular weight is 174 g/mol. The van der Waals surface area contributed by atoms with Crippen LogP contribution in [0.25, 0.3) is 0 Å². The molecule has 0 atom stereocenters. The van der Waals surface area contributed by atoms with Gasteiger partial charge in [0, 0.05) is 0 Å². The van der Waals surface area contributed by atoms with Crippen molar-refractivity contribution in [2.45, 2.75) is 32.1 Å². The normalized spacial score (nSPS) is 19.1. The second-order valence-corrected chi connectivity index (χ2v) is 3.20. The first-order chi connectivity index (χ1) is 6.50. The largest absolute Gasteiger partial charge is 0.0882 e. The minimum Gasteiger partial charge on any atom is -0.0882 e. The predicted octanol–water partition coefficient (Wildman–Crippen LogP) is 4.18. The van der Waals surface area contributed by atoms with Crippen molar-refractivity contribution in [2.24, 2.45) is 0 Å². The van der Waals surface area contributed by atoms with Crippen LogP contribution in [0.15, 0.2) is 48.6 Å². The van der Waals surface area contributed by atoms with E-state index in [1.165, 1.54) is 19.3 Å². The summed E-state index contributed by atoms with van der Waals surface area (Å²) in [6, 6.07) is 0. The summed E-state index contributed by atoms with van der Waals surface area (Å²) in [6.45, 7) is 0. The van der Waals surface area contributed by atoms with E-state index in [0.29, 0.717) is 0 Å². The zero-order chi connectivity index (χ0) is 9.19. The molecule has 0 aromatic rings. The smallest absolute Gasteiger partial charge is 0.0166 e. The van der Waals surface area contributed by atoms with Crippen LogP contribution in [0.3, 0.4) is 0 Å². The monoisotopic (exact) mass is 174 g/mol. The fourth-order valence-corrected chi connectivity index (χ4v) is 1.25. The number of hydrogen-bond acceptors (Lipinski definition) is 0. The molecule has 0 heteroatoms. The lowest BCUT2D eigenvalue weighted by Crippen LogP contribution is -1.68. The highest BCUT2D eigenvalue weighted by molar-refractivity contribution is 5.06. The Morgan fingerprint density at radius 1 is 0.538 bits per heavy atom. The number of allylic oxidation sites excluding steroid dienone is 8. The molecule has 1 rings (SSSR count). The fourth-order valence-electron chi connectivity index (χ4n) is 1.25. The van der Waals surface area contributed by atoms with Crippen molar-refractivity contribution in [3.05, 3.63) is 48.6 Å². The van der Waals surface area contributed by atoms with Gasteiger partial charge in [-0.25, -0.2) is 0 Å². The van der Waals surface area contributed by atoms with E-state index in [4.69, 9.17) is 0 Å². The van der Waals surface area contributed by atoms with Crippen LogP contribution in [-0.2, 0) is 0 Å². The molecular weight excluding hydrogens is 156 g/mol. The number of hydrogen-bond donors (Lipinski definition) is 0. The summed E-state index contributed by atoms with van der Waals surface area (Å²) in [5, 5.41) is 0. The quantitative estimate of drug-likeness (QED) is 0.483. The summed E-state index contributed by atoms with van der Waals surface area (Å²) < 4.78 is 0. The summed E-state index contributed by atoms with van der Waals surface area (Å²) in [4.78, 5) is 0. The SMILES string of the molecule is C1=CCC=CCC=CCCCC=C1. The Balaban J connectivity index is 2.38. The van der Waals surface area contributed by atoms with Gasteiger partial charge in [0.15, 0.2) is 0 Å². The third-order valence-electron chi connectivity index (χ3n) is 2.00. The summed E-state index contributed by atoms with van der Waals surface area (Å²) in [7, 11) is 0. The Labute approximate surface area is 81.4 Å². The molecule has 70 valence electrons. The molecule has 0 aromatic heterocycles. The lowest BCUT2D eigenvalue weighted by atomic mass is 10.2. The average Bonchev–Trinajstić information content (AvgIpc) is 2.18. The third kappa shape index (κ3) is 6.15. The molecule has 0 nitrogen and oxygen atoms in total. The van der Waals surface area contributed by atoms with E-state index in [-0.39, 0.29) is 0 Å². The van der Waals surface area contributed by atoms with Crippen LogP contribution >= 0.6 is 0 Å². The molecule has 0 saturated carbocycles. The molecule has 0 spiro atoms. The van der Waals surface area contributed by atoms with E-state index in [1.807, 2.05) is 0 Å². The van der Waals surface area contributed by atoms with Crippen LogP contribution < -0.4 is 0 Å². The second-order valence-electron chi connectivity index (χ2n) is 3.20. The van der Waals surface area contributed by atoms with Crippen LogP contribution in [-0.4, -0.2) is 0 Å². The van der Waals surface area contributed by atoms with Crippen LogP contribution in [0.1, 0.15) is 32.1 Å². The van der Waals surface area contributed by atoms with Gasteiger partial charge < -0.3 is 0 Å². The Kier molecular flexibility index (Phi) is 5.87. The van der Waals surface area contributed by atoms with Crippen LogP contribution in [0.4, 0.5) is 0 Å². The molecule has 0 N–H and O–H groups in total. The maximum atomic E-state index is 2.28. The summed E-state index contributed by atoms with van der Waals surface area (Å²) in [6.07, 6.45) is 23.5. The second kappa shape index (κ2) is 7.60. The van der Waals surface area contributed by atoms with Crippen LogP contribution in [0, 0.1) is 0 Å². The summed E-state index contributed by atoms with van der Waals surface area (Å²) in [5.74, 6) is 0. The predicted molar refractivity (Wildman–Crippen MR) is 59.6 cm³/mol. The molecular formula is C13H18. The van der Waals surface area contributed by atoms with Gasteiger partial charge in [-0.2, -0.15) is 0 Å². The van der Waals surface area contributed by atoms with E-state index in [9.17, 15) is 0 Å². The Morgan fingerprint density at radius 3 is 2.08 bits per heavy atom. The van der Waals surface area contributed by atoms with Gasteiger partial charge >= 0.3 is 0 Å². The summed E-state index contributed by atoms with van der Waals surface area (Å²) in [5.41, 5.74) is 0. The van der Waals surface area contributed by atoms with Crippen molar-refractivity contribution in [2.75, 3.05) is 0 Å². The Bertz CT molecular complexity index is 216. The van der Waals surface area contributed by atoms with Crippen LogP contribution in [0.5, 0.6) is 0 Å². The van der Waals surface area contributed by atoms with E-state index < -0.39 is 0 Å². The van der Waals surface area contributed by atoms with Crippen molar-refractivity contribution >= 4 is 0 Å². The zero-order valence-corrected chi connectivity index (χ0v) is 8.15. The first kappa shape index (κ1) is 10.0. The highest BCUT2D eigenvalue weighted by Crippen LogP contribution is 2.01. The Hall–Kier alpha value is -1.04. The molecule has 0 amide bonds.